The van der Waals surface area contributed by atoms with E-state index >= 15 is 0 Å². The Bertz CT molecular complexity index is 1210. The maximum absolute atomic E-state index is 10.4. The van der Waals surface area contributed by atoms with Crippen molar-refractivity contribution in [3.63, 3.8) is 0 Å². The second-order valence-electron chi connectivity index (χ2n) is 9.48. The van der Waals surface area contributed by atoms with E-state index in [0.29, 0.717) is 34.4 Å². The minimum Gasteiger partial charge on any atom is -0.452 e. The number of nitriles is 1. The van der Waals surface area contributed by atoms with Gasteiger partial charge < -0.3 is 19.9 Å². The third-order valence-electron chi connectivity index (χ3n) is 6.28. The number of para-hydroxylation sites is 1. The van der Waals surface area contributed by atoms with Crippen LogP contribution in [0.25, 0.3) is 0 Å². The summed E-state index contributed by atoms with van der Waals surface area (Å²) < 4.78 is 14.0. The van der Waals surface area contributed by atoms with E-state index in [2.05, 4.69) is 16.4 Å². The van der Waals surface area contributed by atoms with Gasteiger partial charge in [0.15, 0.2) is 11.5 Å². The van der Waals surface area contributed by atoms with Crippen molar-refractivity contribution in [2.75, 3.05) is 18.5 Å². The monoisotopic (exact) mass is 459 g/mol. The fourth-order valence-electron chi connectivity index (χ4n) is 4.19. The second kappa shape index (κ2) is 9.09. The molecule has 34 heavy (non-hydrogen) atoms. The summed E-state index contributed by atoms with van der Waals surface area (Å²) in [5.41, 5.74) is 2.13. The zero-order valence-electron chi connectivity index (χ0n) is 19.5. The Hall–Kier alpha value is -3.41. The molecule has 2 aromatic heterocycles. The summed E-state index contributed by atoms with van der Waals surface area (Å²) >= 11 is 0. The quantitative estimate of drug-likeness (QED) is 0.504. The van der Waals surface area contributed by atoms with E-state index in [9.17, 15) is 10.4 Å². The Labute approximate surface area is 199 Å². The number of aromatic nitrogens is 3. The van der Waals surface area contributed by atoms with Gasteiger partial charge in [-0.15, -0.1) is 0 Å². The van der Waals surface area contributed by atoms with Crippen LogP contribution in [0.15, 0.2) is 42.7 Å². The Balaban J connectivity index is 1.49. The molecule has 0 unspecified atom stereocenters. The third kappa shape index (κ3) is 4.76. The highest BCUT2D eigenvalue weighted by Crippen LogP contribution is 2.42. The zero-order chi connectivity index (χ0) is 23.7. The fraction of sp³-hybridized carbons (Fsp3) is 0.423. The number of hydrogen-bond donors (Lipinski definition) is 2. The molecule has 8 heteroatoms. The number of anilines is 2. The predicted molar refractivity (Wildman–Crippen MR) is 127 cm³/mol. The molecule has 3 aromatic rings. The number of benzene rings is 1. The molecule has 0 radical (unpaired) electrons. The zero-order valence-corrected chi connectivity index (χ0v) is 19.5. The lowest BCUT2D eigenvalue weighted by molar-refractivity contribution is 0.0739. The first kappa shape index (κ1) is 22.4. The summed E-state index contributed by atoms with van der Waals surface area (Å²) in [5, 5.41) is 28.4. The predicted octanol–water partition coefficient (Wildman–Crippen LogP) is 5.14. The van der Waals surface area contributed by atoms with Crippen molar-refractivity contribution in [1.82, 2.24) is 14.8 Å². The van der Waals surface area contributed by atoms with Crippen molar-refractivity contribution < 1.29 is 14.6 Å². The van der Waals surface area contributed by atoms with Gasteiger partial charge in [-0.2, -0.15) is 10.4 Å². The summed E-state index contributed by atoms with van der Waals surface area (Å²) in [7, 11) is 0. The minimum absolute atomic E-state index is 0.286. The molecule has 1 aliphatic heterocycles. The molecule has 1 aromatic carbocycles. The van der Waals surface area contributed by atoms with E-state index in [1.54, 1.807) is 38.2 Å². The van der Waals surface area contributed by atoms with Gasteiger partial charge in [-0.3, -0.25) is 9.67 Å². The highest BCUT2D eigenvalue weighted by atomic mass is 16.5. The van der Waals surface area contributed by atoms with Crippen LogP contribution in [-0.4, -0.2) is 33.1 Å². The van der Waals surface area contributed by atoms with Crippen LogP contribution in [0.4, 0.5) is 11.4 Å². The van der Waals surface area contributed by atoms with Crippen LogP contribution >= 0.6 is 0 Å². The Kier molecular flexibility index (Phi) is 5.98. The van der Waals surface area contributed by atoms with Crippen LogP contribution < -0.4 is 10.1 Å². The van der Waals surface area contributed by atoms with Crippen molar-refractivity contribution >= 4 is 11.4 Å². The van der Waals surface area contributed by atoms with Crippen molar-refractivity contribution in [3.8, 4) is 17.6 Å². The standard InChI is InChI=1S/C26H29N5O3/c1-26(2,32)23-14-19(8-11-28-23)29-24-18(15-27)4-3-5-21(24)34-22-16-31(20-6-7-20)30-25(22)17-9-12-33-13-10-17/h3-5,8,11,14,16-17,20,32H,6-7,9-10,12-13H2,1-2H3,(H,28,29). The fourth-order valence-corrected chi connectivity index (χ4v) is 4.19. The van der Waals surface area contributed by atoms with Gasteiger partial charge in [0.1, 0.15) is 17.4 Å². The molecular weight excluding hydrogens is 430 g/mol. The Morgan fingerprint density at radius 3 is 2.68 bits per heavy atom. The van der Waals surface area contributed by atoms with Crippen molar-refractivity contribution in [2.45, 2.75) is 57.1 Å². The lowest BCUT2D eigenvalue weighted by Gasteiger charge is -2.22. The van der Waals surface area contributed by atoms with Gasteiger partial charge >= 0.3 is 0 Å². The van der Waals surface area contributed by atoms with Crippen LogP contribution in [0.2, 0.25) is 0 Å². The maximum Gasteiger partial charge on any atom is 0.168 e. The highest BCUT2D eigenvalue weighted by molar-refractivity contribution is 5.73. The SMILES string of the molecule is CC(C)(O)c1cc(Nc2c(C#N)cccc2Oc2cn(C3CC3)nc2C2CCOCC2)ccn1. The van der Waals surface area contributed by atoms with Crippen LogP contribution in [-0.2, 0) is 10.3 Å². The number of nitrogens with one attached hydrogen (secondary N) is 1. The van der Waals surface area contributed by atoms with E-state index < -0.39 is 5.60 Å². The first-order valence-electron chi connectivity index (χ1n) is 11.8. The smallest absolute Gasteiger partial charge is 0.168 e. The molecule has 0 spiro atoms. The molecule has 2 fully saturated rings. The van der Waals surface area contributed by atoms with Crippen molar-refractivity contribution in [3.05, 3.63) is 59.7 Å². The summed E-state index contributed by atoms with van der Waals surface area (Å²) in [6.45, 7) is 4.82. The maximum atomic E-state index is 10.4. The van der Waals surface area contributed by atoms with Gasteiger partial charge in [0.05, 0.1) is 29.2 Å². The van der Waals surface area contributed by atoms with Crippen molar-refractivity contribution in [2.24, 2.45) is 0 Å². The molecule has 0 amide bonds. The van der Waals surface area contributed by atoms with Gasteiger partial charge in [0, 0.05) is 31.0 Å². The van der Waals surface area contributed by atoms with Gasteiger partial charge in [-0.05, 0) is 63.8 Å². The summed E-state index contributed by atoms with van der Waals surface area (Å²) in [5.74, 6) is 1.56. The Morgan fingerprint density at radius 1 is 1.18 bits per heavy atom. The highest BCUT2D eigenvalue weighted by Gasteiger charge is 2.30. The molecule has 2 N–H and O–H groups in total. The van der Waals surface area contributed by atoms with Gasteiger partial charge in [-0.1, -0.05) is 6.07 Å². The first-order chi connectivity index (χ1) is 16.4. The number of nitrogens with zero attached hydrogens (tertiary/aromatic N) is 4. The molecule has 176 valence electrons. The molecule has 0 bridgehead atoms. The number of aliphatic hydroxyl groups is 1. The van der Waals surface area contributed by atoms with Crippen LogP contribution in [0, 0.1) is 11.3 Å². The first-order valence-corrected chi connectivity index (χ1v) is 11.8. The normalized spacial score (nSPS) is 16.8. The topological polar surface area (TPSA) is 105 Å². The van der Waals surface area contributed by atoms with Crippen LogP contribution in [0.5, 0.6) is 11.5 Å². The minimum atomic E-state index is -1.08. The molecular formula is C26H29N5O3. The molecule has 2 aliphatic rings. The lowest BCUT2D eigenvalue weighted by atomic mass is 9.96. The molecule has 1 aliphatic carbocycles. The molecule has 1 saturated carbocycles. The van der Waals surface area contributed by atoms with Gasteiger partial charge in [0.2, 0.25) is 0 Å². The van der Waals surface area contributed by atoms with E-state index in [0.717, 1.165) is 50.3 Å². The largest absolute Gasteiger partial charge is 0.452 e. The van der Waals surface area contributed by atoms with Crippen LogP contribution in [0.1, 0.15) is 68.4 Å². The summed E-state index contributed by atoms with van der Waals surface area (Å²) in [4.78, 5) is 4.27. The third-order valence-corrected chi connectivity index (χ3v) is 6.28. The van der Waals surface area contributed by atoms with Crippen molar-refractivity contribution in [1.29, 1.82) is 5.26 Å². The molecule has 3 heterocycles. The number of ether oxygens (including phenoxy) is 2. The summed E-state index contributed by atoms with van der Waals surface area (Å²) in [6, 6.07) is 11.7. The van der Waals surface area contributed by atoms with E-state index in [1.807, 2.05) is 23.0 Å². The molecule has 0 atom stereocenters. The number of pyridine rings is 1. The molecule has 8 nitrogen and oxygen atoms in total. The second-order valence-corrected chi connectivity index (χ2v) is 9.48. The molecule has 5 rings (SSSR count). The average Bonchev–Trinajstić information content (AvgIpc) is 3.60. The average molecular weight is 460 g/mol. The number of rotatable bonds is 7. The lowest BCUT2D eigenvalue weighted by Crippen LogP contribution is -2.17. The van der Waals surface area contributed by atoms with E-state index in [-0.39, 0.29) is 5.92 Å². The van der Waals surface area contributed by atoms with E-state index in [1.165, 1.54) is 0 Å². The van der Waals surface area contributed by atoms with E-state index in [4.69, 9.17) is 14.6 Å². The Morgan fingerprint density at radius 2 is 1.97 bits per heavy atom. The summed E-state index contributed by atoms with van der Waals surface area (Å²) in [6.07, 6.45) is 7.72. The van der Waals surface area contributed by atoms with Gasteiger partial charge in [0.25, 0.3) is 0 Å². The number of hydrogen-bond acceptors (Lipinski definition) is 7. The van der Waals surface area contributed by atoms with Crippen LogP contribution in [0.3, 0.4) is 0 Å². The van der Waals surface area contributed by atoms with Gasteiger partial charge in [-0.25, -0.2) is 0 Å². The molecule has 1 saturated heterocycles.